The van der Waals surface area contributed by atoms with Crippen molar-refractivity contribution in [1.82, 2.24) is 0 Å². The van der Waals surface area contributed by atoms with Gasteiger partial charge in [-0.1, -0.05) is 11.6 Å². The molecule has 0 amide bonds. The van der Waals surface area contributed by atoms with Gasteiger partial charge in [-0.05, 0) is 43.7 Å². The number of benzene rings is 1. The molecule has 102 valence electrons. The van der Waals surface area contributed by atoms with E-state index in [0.29, 0.717) is 0 Å². The average molecular weight is 295 g/mol. The van der Waals surface area contributed by atoms with Gasteiger partial charge in [0.05, 0.1) is 10.7 Å². The van der Waals surface area contributed by atoms with Crippen molar-refractivity contribution in [3.05, 3.63) is 44.6 Å². The molecule has 0 unspecified atom stereocenters. The highest BCUT2D eigenvalue weighted by Gasteiger charge is 2.05. The van der Waals surface area contributed by atoms with E-state index in [1.165, 1.54) is 15.3 Å². The Kier molecular flexibility index (Phi) is 4.38. The zero-order chi connectivity index (χ0) is 14.0. The summed E-state index contributed by atoms with van der Waals surface area (Å²) in [6.45, 7) is 5.15. The van der Waals surface area contributed by atoms with Crippen molar-refractivity contribution in [2.24, 2.45) is 0 Å². The number of anilines is 2. The summed E-state index contributed by atoms with van der Waals surface area (Å²) < 4.78 is 0. The first-order chi connectivity index (χ1) is 8.97. The Balaban J connectivity index is 2.08. The van der Waals surface area contributed by atoms with Gasteiger partial charge in [0.25, 0.3) is 0 Å². The molecule has 0 saturated carbocycles. The summed E-state index contributed by atoms with van der Waals surface area (Å²) in [6.07, 6.45) is 0. The van der Waals surface area contributed by atoms with Crippen LogP contribution in [-0.2, 0) is 6.54 Å². The minimum absolute atomic E-state index is 0.772. The number of hydrogen-bond acceptors (Lipinski definition) is 3. The smallest absolute Gasteiger partial charge is 0.0659 e. The highest BCUT2D eigenvalue weighted by molar-refractivity contribution is 7.12. The Morgan fingerprint density at radius 1 is 1.21 bits per heavy atom. The van der Waals surface area contributed by atoms with Crippen LogP contribution in [0.25, 0.3) is 0 Å². The van der Waals surface area contributed by atoms with Crippen LogP contribution in [0.2, 0.25) is 5.02 Å². The maximum absolute atomic E-state index is 6.26. The van der Waals surface area contributed by atoms with Gasteiger partial charge in [0.2, 0.25) is 0 Å². The van der Waals surface area contributed by atoms with Gasteiger partial charge >= 0.3 is 0 Å². The topological polar surface area (TPSA) is 15.3 Å². The summed E-state index contributed by atoms with van der Waals surface area (Å²) in [5, 5.41) is 4.20. The van der Waals surface area contributed by atoms with Crippen LogP contribution in [0.1, 0.15) is 15.3 Å². The van der Waals surface area contributed by atoms with Gasteiger partial charge in [0.1, 0.15) is 0 Å². The van der Waals surface area contributed by atoms with E-state index in [-0.39, 0.29) is 0 Å². The van der Waals surface area contributed by atoms with Crippen molar-refractivity contribution >= 4 is 34.3 Å². The maximum Gasteiger partial charge on any atom is 0.0659 e. The second kappa shape index (κ2) is 5.85. The lowest BCUT2D eigenvalue weighted by Crippen LogP contribution is -2.09. The standard InChI is InChI=1S/C15H19ClN2S/c1-10-7-12(11(2)19-10)9-17-13-5-6-15(18(3)4)14(16)8-13/h5-8,17H,9H2,1-4H3. The predicted molar refractivity (Wildman–Crippen MR) is 86.9 cm³/mol. The third kappa shape index (κ3) is 3.43. The second-order valence-corrected chi connectivity index (χ2v) is 6.72. The fourth-order valence-electron chi connectivity index (χ4n) is 2.04. The lowest BCUT2D eigenvalue weighted by molar-refractivity contribution is 1.12. The third-order valence-corrected chi connectivity index (χ3v) is 4.37. The Morgan fingerprint density at radius 3 is 2.47 bits per heavy atom. The van der Waals surface area contributed by atoms with Crippen LogP contribution in [0.5, 0.6) is 0 Å². The minimum atomic E-state index is 0.772. The van der Waals surface area contributed by atoms with Gasteiger partial charge in [-0.25, -0.2) is 0 Å². The minimum Gasteiger partial charge on any atom is -0.381 e. The van der Waals surface area contributed by atoms with Crippen molar-refractivity contribution in [2.75, 3.05) is 24.3 Å². The Labute approximate surface area is 124 Å². The Hall–Kier alpha value is -1.19. The molecule has 1 aromatic carbocycles. The molecule has 2 rings (SSSR count). The molecule has 4 heteroatoms. The van der Waals surface area contributed by atoms with Crippen LogP contribution in [-0.4, -0.2) is 14.1 Å². The van der Waals surface area contributed by atoms with Crippen LogP contribution in [0, 0.1) is 13.8 Å². The van der Waals surface area contributed by atoms with Crippen molar-refractivity contribution in [3.63, 3.8) is 0 Å². The molecule has 1 heterocycles. The third-order valence-electron chi connectivity index (χ3n) is 3.06. The maximum atomic E-state index is 6.26. The summed E-state index contributed by atoms with van der Waals surface area (Å²) in [6, 6.07) is 8.32. The van der Waals surface area contributed by atoms with E-state index in [0.717, 1.165) is 22.9 Å². The van der Waals surface area contributed by atoms with Gasteiger partial charge in [0, 0.05) is 36.1 Å². The molecule has 0 aliphatic heterocycles. The number of thiophene rings is 1. The molecule has 0 aliphatic rings. The summed E-state index contributed by atoms with van der Waals surface area (Å²) in [5.41, 5.74) is 3.45. The number of rotatable bonds is 4. The van der Waals surface area contributed by atoms with Gasteiger partial charge in [-0.2, -0.15) is 0 Å². The number of nitrogens with zero attached hydrogens (tertiary/aromatic N) is 1. The Bertz CT molecular complexity index is 576. The van der Waals surface area contributed by atoms with E-state index in [4.69, 9.17) is 11.6 Å². The second-order valence-electron chi connectivity index (χ2n) is 4.85. The van der Waals surface area contributed by atoms with Crippen LogP contribution in [0.15, 0.2) is 24.3 Å². The van der Waals surface area contributed by atoms with E-state index in [9.17, 15) is 0 Å². The van der Waals surface area contributed by atoms with E-state index in [1.807, 2.05) is 42.5 Å². The molecule has 2 aromatic rings. The summed E-state index contributed by atoms with van der Waals surface area (Å²) in [7, 11) is 3.98. The quantitative estimate of drug-likeness (QED) is 0.879. The molecule has 2 nitrogen and oxygen atoms in total. The zero-order valence-corrected chi connectivity index (χ0v) is 13.3. The predicted octanol–water partition coefficient (Wildman–Crippen LogP) is 4.70. The molecule has 0 atom stereocenters. The molecule has 0 fully saturated rings. The SMILES string of the molecule is Cc1cc(CNc2ccc(N(C)C)c(Cl)c2)c(C)s1. The lowest BCUT2D eigenvalue weighted by atomic mass is 10.2. The van der Waals surface area contributed by atoms with Gasteiger partial charge in [-0.15, -0.1) is 11.3 Å². The molecule has 0 spiro atoms. The number of nitrogens with one attached hydrogen (secondary N) is 1. The lowest BCUT2D eigenvalue weighted by Gasteiger charge is -2.15. The number of aryl methyl sites for hydroxylation is 2. The van der Waals surface area contributed by atoms with Crippen molar-refractivity contribution < 1.29 is 0 Å². The highest BCUT2D eigenvalue weighted by Crippen LogP contribution is 2.28. The molecule has 1 aromatic heterocycles. The van der Waals surface area contributed by atoms with Crippen molar-refractivity contribution in [1.29, 1.82) is 0 Å². The Morgan fingerprint density at radius 2 is 1.95 bits per heavy atom. The monoisotopic (exact) mass is 294 g/mol. The molecule has 0 aliphatic carbocycles. The van der Waals surface area contributed by atoms with Crippen LogP contribution in [0.4, 0.5) is 11.4 Å². The number of halogens is 1. The van der Waals surface area contributed by atoms with Gasteiger partial charge < -0.3 is 10.2 Å². The first-order valence-corrected chi connectivity index (χ1v) is 7.43. The molecule has 0 radical (unpaired) electrons. The molecular weight excluding hydrogens is 276 g/mol. The molecule has 0 saturated heterocycles. The fourth-order valence-corrected chi connectivity index (χ4v) is 3.33. The molecule has 1 N–H and O–H groups in total. The normalized spacial score (nSPS) is 10.6. The molecule has 19 heavy (non-hydrogen) atoms. The first kappa shape index (κ1) is 14.2. The van der Waals surface area contributed by atoms with Crippen LogP contribution < -0.4 is 10.2 Å². The summed E-state index contributed by atoms with van der Waals surface area (Å²) in [4.78, 5) is 4.75. The number of hydrogen-bond donors (Lipinski definition) is 1. The van der Waals surface area contributed by atoms with Crippen LogP contribution in [0.3, 0.4) is 0 Å². The van der Waals surface area contributed by atoms with Crippen molar-refractivity contribution in [2.45, 2.75) is 20.4 Å². The van der Waals surface area contributed by atoms with Gasteiger partial charge in [-0.3, -0.25) is 0 Å². The van der Waals surface area contributed by atoms with E-state index in [1.54, 1.807) is 0 Å². The first-order valence-electron chi connectivity index (χ1n) is 6.24. The fraction of sp³-hybridized carbons (Fsp3) is 0.333. The van der Waals surface area contributed by atoms with E-state index >= 15 is 0 Å². The molecular formula is C15H19ClN2S. The zero-order valence-electron chi connectivity index (χ0n) is 11.7. The van der Waals surface area contributed by atoms with Gasteiger partial charge in [0.15, 0.2) is 0 Å². The van der Waals surface area contributed by atoms with Crippen LogP contribution >= 0.6 is 22.9 Å². The highest BCUT2D eigenvalue weighted by atomic mass is 35.5. The summed E-state index contributed by atoms with van der Waals surface area (Å²) in [5.74, 6) is 0. The molecule has 0 bridgehead atoms. The van der Waals surface area contributed by atoms with E-state index in [2.05, 4.69) is 31.3 Å². The van der Waals surface area contributed by atoms with Crippen molar-refractivity contribution in [3.8, 4) is 0 Å². The summed E-state index contributed by atoms with van der Waals surface area (Å²) >= 11 is 8.10. The largest absolute Gasteiger partial charge is 0.381 e. The average Bonchev–Trinajstić information content (AvgIpc) is 2.65. The van der Waals surface area contributed by atoms with E-state index < -0.39 is 0 Å².